The largest absolute Gasteiger partial charge is 0.434 e. The van der Waals surface area contributed by atoms with E-state index in [0.29, 0.717) is 11.4 Å². The Morgan fingerprint density at radius 2 is 1.62 bits per heavy atom. The summed E-state index contributed by atoms with van der Waals surface area (Å²) in [4.78, 5) is 19.0. The molecule has 7 heteroatoms. The zero-order valence-corrected chi connectivity index (χ0v) is 14.7. The summed E-state index contributed by atoms with van der Waals surface area (Å²) in [6, 6.07) is 13.0. The van der Waals surface area contributed by atoms with Crippen LogP contribution in [0.2, 0.25) is 0 Å². The van der Waals surface area contributed by atoms with Crippen molar-refractivity contribution in [1.29, 1.82) is 0 Å². The fraction of sp³-hybridized carbons (Fsp3) is 0.158. The average Bonchev–Trinajstić information content (AvgIpc) is 2.56. The Kier molecular flexibility index (Phi) is 4.79. The van der Waals surface area contributed by atoms with Gasteiger partial charge in [-0.05, 0) is 56.2 Å². The number of nitro groups is 1. The molecule has 132 valence electrons. The summed E-state index contributed by atoms with van der Waals surface area (Å²) in [7, 11) is 0. The normalized spacial score (nSPS) is 10.4. The zero-order chi connectivity index (χ0) is 18.7. The number of aromatic nitrogens is 2. The van der Waals surface area contributed by atoms with Gasteiger partial charge in [-0.1, -0.05) is 23.8 Å². The topological polar surface area (TPSA) is 90.2 Å². The van der Waals surface area contributed by atoms with Gasteiger partial charge in [0, 0.05) is 5.69 Å². The van der Waals surface area contributed by atoms with Gasteiger partial charge in [-0.25, -0.2) is 4.98 Å². The Labute approximate surface area is 150 Å². The molecule has 0 aliphatic rings. The Morgan fingerprint density at radius 3 is 2.23 bits per heavy atom. The van der Waals surface area contributed by atoms with Crippen LogP contribution in [-0.4, -0.2) is 14.9 Å². The van der Waals surface area contributed by atoms with E-state index in [0.717, 1.165) is 16.7 Å². The second kappa shape index (κ2) is 7.18. The number of rotatable bonds is 5. The number of benzene rings is 2. The molecule has 2 aromatic carbocycles. The highest BCUT2D eigenvalue weighted by Crippen LogP contribution is 2.35. The summed E-state index contributed by atoms with van der Waals surface area (Å²) in [6.07, 6.45) is 1.24. The molecule has 0 fully saturated rings. The van der Waals surface area contributed by atoms with Crippen LogP contribution in [-0.2, 0) is 0 Å². The minimum atomic E-state index is -0.547. The molecule has 1 N–H and O–H groups in total. The van der Waals surface area contributed by atoms with E-state index in [4.69, 9.17) is 4.74 Å². The summed E-state index contributed by atoms with van der Waals surface area (Å²) >= 11 is 0. The van der Waals surface area contributed by atoms with E-state index in [-0.39, 0.29) is 17.4 Å². The van der Waals surface area contributed by atoms with Crippen LogP contribution in [0.5, 0.6) is 11.6 Å². The van der Waals surface area contributed by atoms with Gasteiger partial charge in [-0.15, -0.1) is 0 Å². The predicted octanol–water partition coefficient (Wildman–Crippen LogP) is 4.85. The first-order valence-electron chi connectivity index (χ1n) is 8.01. The average molecular weight is 350 g/mol. The molecule has 0 saturated carbocycles. The van der Waals surface area contributed by atoms with E-state index in [1.165, 1.54) is 6.33 Å². The molecular weight excluding hydrogens is 332 g/mol. The second-order valence-electron chi connectivity index (χ2n) is 6.05. The number of hydrogen-bond acceptors (Lipinski definition) is 6. The summed E-state index contributed by atoms with van der Waals surface area (Å²) in [5, 5.41) is 14.6. The van der Waals surface area contributed by atoms with E-state index in [2.05, 4.69) is 15.3 Å². The lowest BCUT2D eigenvalue weighted by atomic mass is 10.1. The Bertz CT molecular complexity index is 935. The van der Waals surface area contributed by atoms with E-state index in [1.807, 2.05) is 51.1 Å². The maximum Gasteiger partial charge on any atom is 0.373 e. The standard InChI is InChI=1S/C19H18N4O3/c1-12-4-6-16(7-5-12)26-19-17(23(24)25)18(20-11-21-19)22-15-9-13(2)8-14(3)10-15/h4-11H,1-3H3,(H,20,21,22). The Balaban J connectivity index is 1.98. The van der Waals surface area contributed by atoms with Gasteiger partial charge in [0.2, 0.25) is 5.82 Å². The van der Waals surface area contributed by atoms with Crippen LogP contribution in [0.15, 0.2) is 48.8 Å². The highest BCUT2D eigenvalue weighted by atomic mass is 16.6. The van der Waals surface area contributed by atoms with Crippen molar-refractivity contribution >= 4 is 17.2 Å². The predicted molar refractivity (Wildman–Crippen MR) is 99.1 cm³/mol. The Hall–Kier alpha value is -3.48. The third kappa shape index (κ3) is 3.94. The molecule has 0 radical (unpaired) electrons. The zero-order valence-electron chi connectivity index (χ0n) is 14.7. The highest BCUT2D eigenvalue weighted by molar-refractivity contribution is 5.69. The molecule has 0 aliphatic heterocycles. The van der Waals surface area contributed by atoms with Crippen molar-refractivity contribution in [1.82, 2.24) is 9.97 Å². The van der Waals surface area contributed by atoms with Crippen molar-refractivity contribution in [2.75, 3.05) is 5.32 Å². The van der Waals surface area contributed by atoms with Crippen molar-refractivity contribution < 1.29 is 9.66 Å². The molecule has 0 aliphatic carbocycles. The van der Waals surface area contributed by atoms with Crippen LogP contribution in [0.1, 0.15) is 16.7 Å². The maximum absolute atomic E-state index is 11.6. The van der Waals surface area contributed by atoms with Crippen LogP contribution in [0.4, 0.5) is 17.2 Å². The minimum Gasteiger partial charge on any atom is -0.434 e. The number of anilines is 2. The number of ether oxygens (including phenoxy) is 1. The lowest BCUT2D eigenvalue weighted by Crippen LogP contribution is -2.04. The quantitative estimate of drug-likeness (QED) is 0.523. The lowest BCUT2D eigenvalue weighted by molar-refractivity contribution is -0.385. The van der Waals surface area contributed by atoms with Crippen LogP contribution in [0.25, 0.3) is 0 Å². The van der Waals surface area contributed by atoms with Gasteiger partial charge in [-0.3, -0.25) is 10.1 Å². The smallest absolute Gasteiger partial charge is 0.373 e. The summed E-state index contributed by atoms with van der Waals surface area (Å²) in [5.41, 5.74) is 3.55. The van der Waals surface area contributed by atoms with E-state index in [9.17, 15) is 10.1 Å². The fourth-order valence-corrected chi connectivity index (χ4v) is 2.59. The van der Waals surface area contributed by atoms with Gasteiger partial charge in [0.25, 0.3) is 0 Å². The maximum atomic E-state index is 11.6. The monoisotopic (exact) mass is 350 g/mol. The van der Waals surface area contributed by atoms with Crippen LogP contribution in [0, 0.1) is 30.9 Å². The summed E-state index contributed by atoms with van der Waals surface area (Å²) in [6.45, 7) is 5.86. The number of nitrogens with one attached hydrogen (secondary N) is 1. The van der Waals surface area contributed by atoms with Crippen LogP contribution < -0.4 is 10.1 Å². The second-order valence-corrected chi connectivity index (χ2v) is 6.05. The first-order chi connectivity index (χ1) is 12.4. The first kappa shape index (κ1) is 17.3. The van der Waals surface area contributed by atoms with Gasteiger partial charge in [0.1, 0.15) is 12.1 Å². The molecule has 1 aromatic heterocycles. The summed E-state index contributed by atoms with van der Waals surface area (Å²) in [5.74, 6) is 0.438. The summed E-state index contributed by atoms with van der Waals surface area (Å²) < 4.78 is 5.62. The molecule has 7 nitrogen and oxygen atoms in total. The Morgan fingerprint density at radius 1 is 0.962 bits per heavy atom. The molecule has 0 spiro atoms. The number of aryl methyl sites for hydroxylation is 3. The van der Waals surface area contributed by atoms with Gasteiger partial charge >= 0.3 is 11.6 Å². The van der Waals surface area contributed by atoms with Crippen molar-refractivity contribution in [3.8, 4) is 11.6 Å². The third-order valence-corrected chi connectivity index (χ3v) is 3.69. The van der Waals surface area contributed by atoms with Gasteiger partial charge in [0.15, 0.2) is 0 Å². The first-order valence-corrected chi connectivity index (χ1v) is 8.01. The molecule has 3 rings (SSSR count). The van der Waals surface area contributed by atoms with Gasteiger partial charge < -0.3 is 10.1 Å². The SMILES string of the molecule is Cc1ccc(Oc2ncnc(Nc3cc(C)cc(C)c3)c2[N+](=O)[O-])cc1. The molecule has 3 aromatic rings. The van der Waals surface area contributed by atoms with E-state index in [1.54, 1.807) is 12.1 Å². The van der Waals surface area contributed by atoms with Crippen molar-refractivity contribution in [2.45, 2.75) is 20.8 Å². The molecular formula is C19H18N4O3. The molecule has 0 bridgehead atoms. The fourth-order valence-electron chi connectivity index (χ4n) is 2.59. The molecule has 1 heterocycles. The van der Waals surface area contributed by atoms with Gasteiger partial charge in [0.05, 0.1) is 4.92 Å². The molecule has 26 heavy (non-hydrogen) atoms. The van der Waals surface area contributed by atoms with Crippen LogP contribution >= 0.6 is 0 Å². The number of nitrogens with zero attached hydrogens (tertiary/aromatic N) is 3. The van der Waals surface area contributed by atoms with E-state index < -0.39 is 4.92 Å². The highest BCUT2D eigenvalue weighted by Gasteiger charge is 2.25. The molecule has 0 atom stereocenters. The lowest BCUT2D eigenvalue weighted by Gasteiger charge is -2.10. The van der Waals surface area contributed by atoms with Crippen molar-refractivity contribution in [3.05, 3.63) is 75.6 Å². The molecule has 0 amide bonds. The van der Waals surface area contributed by atoms with E-state index >= 15 is 0 Å². The molecule has 0 unspecified atom stereocenters. The molecule has 0 saturated heterocycles. The number of hydrogen-bond donors (Lipinski definition) is 1. The van der Waals surface area contributed by atoms with Crippen molar-refractivity contribution in [2.24, 2.45) is 0 Å². The van der Waals surface area contributed by atoms with Crippen LogP contribution in [0.3, 0.4) is 0 Å². The van der Waals surface area contributed by atoms with Gasteiger partial charge in [-0.2, -0.15) is 4.98 Å². The van der Waals surface area contributed by atoms with Crippen molar-refractivity contribution in [3.63, 3.8) is 0 Å². The minimum absolute atomic E-state index is 0.0807. The third-order valence-electron chi connectivity index (χ3n) is 3.69.